The molecule has 1 fully saturated rings. The summed E-state index contributed by atoms with van der Waals surface area (Å²) in [6.45, 7) is 6.27. The van der Waals surface area contributed by atoms with E-state index in [2.05, 4.69) is 41.9 Å². The number of carbonyl (C=O) groups is 1. The van der Waals surface area contributed by atoms with E-state index in [9.17, 15) is 4.79 Å². The van der Waals surface area contributed by atoms with Crippen molar-refractivity contribution in [1.82, 2.24) is 24.2 Å². The van der Waals surface area contributed by atoms with E-state index in [0.717, 1.165) is 35.4 Å². The number of amides is 1. The predicted octanol–water partition coefficient (Wildman–Crippen LogP) is 3.63. The highest BCUT2D eigenvalue weighted by Gasteiger charge is 2.36. The Morgan fingerprint density at radius 1 is 1.21 bits per heavy atom. The van der Waals surface area contributed by atoms with Crippen LogP contribution in [0, 0.1) is 5.92 Å². The van der Waals surface area contributed by atoms with Crippen LogP contribution in [0.1, 0.15) is 49.7 Å². The quantitative estimate of drug-likeness (QED) is 0.700. The first-order valence-corrected chi connectivity index (χ1v) is 10.0. The van der Waals surface area contributed by atoms with Crippen LogP contribution in [0.15, 0.2) is 42.9 Å². The summed E-state index contributed by atoms with van der Waals surface area (Å²) in [5.41, 5.74) is 5.42. The Labute approximate surface area is 164 Å². The molecule has 5 rings (SSSR count). The van der Waals surface area contributed by atoms with Crippen molar-refractivity contribution < 1.29 is 4.79 Å². The molecule has 2 aliphatic rings. The van der Waals surface area contributed by atoms with E-state index >= 15 is 0 Å². The topological polar surface area (TPSA) is 56.0 Å². The molecule has 0 spiro atoms. The van der Waals surface area contributed by atoms with E-state index in [1.54, 1.807) is 6.20 Å². The molecule has 1 aliphatic heterocycles. The molecule has 1 saturated carbocycles. The first kappa shape index (κ1) is 17.2. The summed E-state index contributed by atoms with van der Waals surface area (Å²) in [7, 11) is 0. The third-order valence-electron chi connectivity index (χ3n) is 5.66. The van der Waals surface area contributed by atoms with Crippen LogP contribution >= 0.6 is 0 Å². The molecule has 28 heavy (non-hydrogen) atoms. The number of aromatic nitrogens is 4. The molecule has 6 nitrogen and oxygen atoms in total. The molecule has 0 N–H and O–H groups in total. The zero-order chi connectivity index (χ0) is 19.3. The Balaban J connectivity index is 1.56. The maximum absolute atomic E-state index is 12.9. The zero-order valence-electron chi connectivity index (χ0n) is 16.4. The molecule has 144 valence electrons. The number of fused-ring (bicyclic) bond motifs is 3. The standard InChI is InChI=1S/C22H25N5O/c1-15(2)27-10-8-19-20(27)14-25(22(28)16-6-7-16)11-17-12-26(24-21(17)19)13-18-5-3-4-9-23-18/h3-5,8-10,12,15-16H,6-7,11,13-14H2,1-2H3. The minimum absolute atomic E-state index is 0.219. The number of hydrogen-bond acceptors (Lipinski definition) is 3. The third-order valence-corrected chi connectivity index (χ3v) is 5.66. The van der Waals surface area contributed by atoms with E-state index in [1.807, 2.05) is 27.8 Å². The van der Waals surface area contributed by atoms with Crippen molar-refractivity contribution in [1.29, 1.82) is 0 Å². The first-order valence-electron chi connectivity index (χ1n) is 10.0. The first-order chi connectivity index (χ1) is 13.6. The van der Waals surface area contributed by atoms with E-state index < -0.39 is 0 Å². The van der Waals surface area contributed by atoms with Gasteiger partial charge in [-0.05, 0) is 44.9 Å². The zero-order valence-corrected chi connectivity index (χ0v) is 16.4. The molecule has 3 aromatic heterocycles. The van der Waals surface area contributed by atoms with Crippen molar-refractivity contribution in [3.05, 3.63) is 59.8 Å². The molecule has 4 heterocycles. The monoisotopic (exact) mass is 375 g/mol. The van der Waals surface area contributed by atoms with Gasteiger partial charge >= 0.3 is 0 Å². The van der Waals surface area contributed by atoms with Gasteiger partial charge in [-0.3, -0.25) is 14.5 Å². The van der Waals surface area contributed by atoms with Crippen LogP contribution in [-0.4, -0.2) is 30.1 Å². The van der Waals surface area contributed by atoms with Crippen LogP contribution in [0.5, 0.6) is 0 Å². The van der Waals surface area contributed by atoms with Crippen LogP contribution in [0.4, 0.5) is 0 Å². The average Bonchev–Trinajstić information content (AvgIpc) is 3.37. The number of nitrogens with zero attached hydrogens (tertiary/aromatic N) is 5. The summed E-state index contributed by atoms with van der Waals surface area (Å²) < 4.78 is 4.23. The molecule has 0 atom stereocenters. The van der Waals surface area contributed by atoms with Gasteiger partial charge < -0.3 is 9.47 Å². The maximum Gasteiger partial charge on any atom is 0.226 e. The van der Waals surface area contributed by atoms with Gasteiger partial charge in [0.05, 0.1) is 24.5 Å². The Hall–Kier alpha value is -2.89. The average molecular weight is 375 g/mol. The molecular formula is C22H25N5O. The minimum atomic E-state index is 0.219. The molecule has 3 aromatic rings. The molecular weight excluding hydrogens is 350 g/mol. The van der Waals surface area contributed by atoms with Crippen LogP contribution in [0.2, 0.25) is 0 Å². The highest BCUT2D eigenvalue weighted by Crippen LogP contribution is 2.37. The lowest BCUT2D eigenvalue weighted by atomic mass is 10.1. The number of pyridine rings is 1. The second-order valence-electron chi connectivity index (χ2n) is 8.17. The molecule has 0 saturated heterocycles. The normalized spacial score (nSPS) is 16.0. The summed E-state index contributed by atoms with van der Waals surface area (Å²) >= 11 is 0. The third kappa shape index (κ3) is 3.03. The Morgan fingerprint density at radius 2 is 2.07 bits per heavy atom. The Morgan fingerprint density at radius 3 is 2.79 bits per heavy atom. The van der Waals surface area contributed by atoms with Crippen molar-refractivity contribution in [2.24, 2.45) is 5.92 Å². The molecule has 0 unspecified atom stereocenters. The Bertz CT molecular complexity index is 1010. The smallest absolute Gasteiger partial charge is 0.226 e. The number of hydrogen-bond donors (Lipinski definition) is 0. The Kier molecular flexibility index (Phi) is 4.07. The van der Waals surface area contributed by atoms with Crippen molar-refractivity contribution in [3.8, 4) is 11.3 Å². The van der Waals surface area contributed by atoms with E-state index in [0.29, 0.717) is 25.7 Å². The SMILES string of the molecule is CC(C)n1ccc2c1CN(C(=O)C1CC1)Cc1cn(Cc3ccccn3)nc1-2. The summed E-state index contributed by atoms with van der Waals surface area (Å²) in [6, 6.07) is 8.42. The lowest BCUT2D eigenvalue weighted by Gasteiger charge is -2.23. The summed E-state index contributed by atoms with van der Waals surface area (Å²) in [5.74, 6) is 0.504. The predicted molar refractivity (Wildman–Crippen MR) is 106 cm³/mol. The summed E-state index contributed by atoms with van der Waals surface area (Å²) in [6.07, 6.45) is 8.07. The van der Waals surface area contributed by atoms with Gasteiger partial charge in [-0.2, -0.15) is 5.10 Å². The van der Waals surface area contributed by atoms with Gasteiger partial charge in [-0.15, -0.1) is 0 Å². The molecule has 0 aromatic carbocycles. The van der Waals surface area contributed by atoms with E-state index in [-0.39, 0.29) is 11.8 Å². The molecule has 6 heteroatoms. The molecule has 0 bridgehead atoms. The van der Waals surface area contributed by atoms with Gasteiger partial charge in [0, 0.05) is 53.9 Å². The van der Waals surface area contributed by atoms with Gasteiger partial charge in [-0.25, -0.2) is 0 Å². The summed E-state index contributed by atoms with van der Waals surface area (Å²) in [5, 5.41) is 4.90. The maximum atomic E-state index is 12.9. The van der Waals surface area contributed by atoms with Crippen LogP contribution in [0.3, 0.4) is 0 Å². The summed E-state index contributed by atoms with van der Waals surface area (Å²) in [4.78, 5) is 19.4. The fourth-order valence-corrected chi connectivity index (χ4v) is 4.08. The molecule has 1 amide bonds. The molecule has 1 aliphatic carbocycles. The van der Waals surface area contributed by atoms with Gasteiger partial charge in [0.15, 0.2) is 0 Å². The molecule has 0 radical (unpaired) electrons. The van der Waals surface area contributed by atoms with Gasteiger partial charge in [0.25, 0.3) is 0 Å². The van der Waals surface area contributed by atoms with Crippen molar-refractivity contribution >= 4 is 5.91 Å². The number of carbonyl (C=O) groups excluding carboxylic acids is 1. The largest absolute Gasteiger partial charge is 0.347 e. The van der Waals surface area contributed by atoms with E-state index in [1.165, 1.54) is 5.69 Å². The minimum Gasteiger partial charge on any atom is -0.347 e. The fourth-order valence-electron chi connectivity index (χ4n) is 4.08. The highest BCUT2D eigenvalue weighted by atomic mass is 16.2. The van der Waals surface area contributed by atoms with Crippen LogP contribution < -0.4 is 0 Å². The van der Waals surface area contributed by atoms with E-state index in [4.69, 9.17) is 5.10 Å². The lowest BCUT2D eigenvalue weighted by molar-refractivity contribution is -0.133. The van der Waals surface area contributed by atoms with Crippen LogP contribution in [0.25, 0.3) is 11.3 Å². The van der Waals surface area contributed by atoms with Crippen molar-refractivity contribution in [3.63, 3.8) is 0 Å². The van der Waals surface area contributed by atoms with Gasteiger partial charge in [-0.1, -0.05) is 6.07 Å². The highest BCUT2D eigenvalue weighted by molar-refractivity contribution is 5.82. The van der Waals surface area contributed by atoms with Crippen molar-refractivity contribution in [2.75, 3.05) is 0 Å². The van der Waals surface area contributed by atoms with Gasteiger partial charge in [0.2, 0.25) is 5.91 Å². The number of rotatable bonds is 4. The second-order valence-corrected chi connectivity index (χ2v) is 8.17. The van der Waals surface area contributed by atoms with Crippen LogP contribution in [-0.2, 0) is 24.4 Å². The van der Waals surface area contributed by atoms with Crippen molar-refractivity contribution in [2.45, 2.75) is 52.4 Å². The second kappa shape index (κ2) is 6.62. The lowest BCUT2D eigenvalue weighted by Crippen LogP contribution is -2.31. The fraction of sp³-hybridized carbons (Fsp3) is 0.409. The van der Waals surface area contributed by atoms with Gasteiger partial charge in [0.1, 0.15) is 0 Å².